The highest BCUT2D eigenvalue weighted by Crippen LogP contribution is 2.19. The average molecular weight is 170 g/mol. The summed E-state index contributed by atoms with van der Waals surface area (Å²) in [6, 6.07) is 1.52. The molecule has 0 aliphatic carbocycles. The molecule has 0 aromatic heterocycles. The Labute approximate surface area is 72.2 Å². The molecule has 0 amide bonds. The Morgan fingerprint density at radius 3 is 2.58 bits per heavy atom. The van der Waals surface area contributed by atoms with Gasteiger partial charge in [0.2, 0.25) is 0 Å². The lowest BCUT2D eigenvalue weighted by atomic mass is 9.98. The van der Waals surface area contributed by atoms with Crippen molar-refractivity contribution < 1.29 is 9.47 Å². The van der Waals surface area contributed by atoms with Gasteiger partial charge in [-0.2, -0.15) is 5.26 Å². The maximum atomic E-state index is 8.61. The van der Waals surface area contributed by atoms with Crippen LogP contribution in [0.5, 0.6) is 0 Å². The van der Waals surface area contributed by atoms with Crippen LogP contribution in [0.4, 0.5) is 0 Å². The summed E-state index contributed by atoms with van der Waals surface area (Å²) in [5.41, 5.74) is 5.59. The Bertz CT molecular complexity index is 172. The van der Waals surface area contributed by atoms with Crippen molar-refractivity contribution in [2.75, 3.05) is 13.2 Å². The van der Waals surface area contributed by atoms with Crippen molar-refractivity contribution >= 4 is 0 Å². The summed E-state index contributed by atoms with van der Waals surface area (Å²) in [5.74, 6) is -0.00231. The number of nitriles is 1. The Kier molecular flexibility index (Phi) is 3.48. The predicted molar refractivity (Wildman–Crippen MR) is 43.1 cm³/mol. The van der Waals surface area contributed by atoms with Crippen molar-refractivity contribution in [2.24, 2.45) is 11.7 Å². The zero-order valence-electron chi connectivity index (χ0n) is 7.19. The molecule has 68 valence electrons. The lowest BCUT2D eigenvalue weighted by Crippen LogP contribution is -2.37. The van der Waals surface area contributed by atoms with Crippen molar-refractivity contribution in [3.05, 3.63) is 0 Å². The van der Waals surface area contributed by atoms with Crippen molar-refractivity contribution in [3.8, 4) is 6.07 Å². The number of rotatable bonds is 3. The van der Waals surface area contributed by atoms with Crippen LogP contribution in [-0.2, 0) is 9.47 Å². The molecule has 4 nitrogen and oxygen atoms in total. The normalized spacial score (nSPS) is 23.4. The van der Waals surface area contributed by atoms with E-state index in [4.69, 9.17) is 20.5 Å². The average Bonchev–Trinajstić information content (AvgIpc) is 2.58. The molecule has 2 atom stereocenters. The van der Waals surface area contributed by atoms with Gasteiger partial charge in [-0.05, 0) is 6.42 Å². The van der Waals surface area contributed by atoms with Gasteiger partial charge in [0.25, 0.3) is 0 Å². The molecule has 2 N–H and O–H groups in total. The van der Waals surface area contributed by atoms with Crippen LogP contribution < -0.4 is 5.73 Å². The minimum absolute atomic E-state index is 0.00231. The van der Waals surface area contributed by atoms with E-state index in [1.165, 1.54) is 0 Å². The van der Waals surface area contributed by atoms with Crippen molar-refractivity contribution in [1.82, 2.24) is 0 Å². The van der Waals surface area contributed by atoms with Crippen LogP contribution >= 0.6 is 0 Å². The van der Waals surface area contributed by atoms with Crippen LogP contribution in [0.2, 0.25) is 0 Å². The fraction of sp³-hybridized carbons (Fsp3) is 0.875. The first kappa shape index (κ1) is 9.46. The van der Waals surface area contributed by atoms with E-state index in [9.17, 15) is 0 Å². The van der Waals surface area contributed by atoms with Crippen molar-refractivity contribution in [3.63, 3.8) is 0 Å². The monoisotopic (exact) mass is 170 g/mol. The van der Waals surface area contributed by atoms with Gasteiger partial charge in [0.1, 0.15) is 6.04 Å². The molecular weight excluding hydrogens is 156 g/mol. The molecule has 1 fully saturated rings. The zero-order valence-corrected chi connectivity index (χ0v) is 7.19. The molecule has 0 saturated carbocycles. The molecule has 0 spiro atoms. The van der Waals surface area contributed by atoms with Crippen LogP contribution in [0.25, 0.3) is 0 Å². The lowest BCUT2D eigenvalue weighted by Gasteiger charge is -2.21. The molecular formula is C8H14N2O2. The van der Waals surface area contributed by atoms with E-state index >= 15 is 0 Å². The van der Waals surface area contributed by atoms with E-state index in [1.807, 2.05) is 13.0 Å². The van der Waals surface area contributed by atoms with E-state index in [-0.39, 0.29) is 12.2 Å². The zero-order chi connectivity index (χ0) is 8.97. The van der Waals surface area contributed by atoms with Gasteiger partial charge in [-0.1, -0.05) is 6.92 Å². The summed E-state index contributed by atoms with van der Waals surface area (Å²) in [4.78, 5) is 0. The van der Waals surface area contributed by atoms with Gasteiger partial charge < -0.3 is 15.2 Å². The third-order valence-electron chi connectivity index (χ3n) is 2.08. The minimum atomic E-state index is -0.488. The van der Waals surface area contributed by atoms with Gasteiger partial charge >= 0.3 is 0 Å². The molecule has 1 saturated heterocycles. The minimum Gasteiger partial charge on any atom is -0.350 e. The molecule has 4 heteroatoms. The third-order valence-corrected chi connectivity index (χ3v) is 2.08. The Balaban J connectivity index is 2.49. The Morgan fingerprint density at radius 2 is 2.17 bits per heavy atom. The molecule has 12 heavy (non-hydrogen) atoms. The largest absolute Gasteiger partial charge is 0.350 e. The third kappa shape index (κ3) is 1.95. The van der Waals surface area contributed by atoms with Gasteiger partial charge in [-0.15, -0.1) is 0 Å². The summed E-state index contributed by atoms with van der Waals surface area (Å²) in [6.07, 6.45) is 0.531. The number of hydrogen-bond donors (Lipinski definition) is 1. The van der Waals surface area contributed by atoms with Gasteiger partial charge in [0.15, 0.2) is 6.29 Å². The quantitative estimate of drug-likeness (QED) is 0.658. The Morgan fingerprint density at radius 1 is 1.58 bits per heavy atom. The van der Waals surface area contributed by atoms with Crippen LogP contribution in [-0.4, -0.2) is 25.5 Å². The molecule has 0 radical (unpaired) electrons. The van der Waals surface area contributed by atoms with Crippen LogP contribution in [0.3, 0.4) is 0 Å². The highest BCUT2D eigenvalue weighted by atomic mass is 16.7. The first-order valence-corrected chi connectivity index (χ1v) is 4.18. The SMILES string of the molecule is CCC(C(N)C#N)C1OCCO1. The number of hydrogen-bond acceptors (Lipinski definition) is 4. The van der Waals surface area contributed by atoms with E-state index in [1.54, 1.807) is 0 Å². The van der Waals surface area contributed by atoms with E-state index in [2.05, 4.69) is 0 Å². The second kappa shape index (κ2) is 4.41. The summed E-state index contributed by atoms with van der Waals surface area (Å²) in [7, 11) is 0. The number of nitrogens with zero attached hydrogens (tertiary/aromatic N) is 1. The molecule has 1 aliphatic rings. The second-order valence-corrected chi connectivity index (χ2v) is 2.84. The smallest absolute Gasteiger partial charge is 0.163 e. The van der Waals surface area contributed by atoms with Crippen molar-refractivity contribution in [1.29, 1.82) is 5.26 Å². The Hall–Kier alpha value is -0.630. The van der Waals surface area contributed by atoms with Gasteiger partial charge in [0, 0.05) is 5.92 Å². The molecule has 1 heterocycles. The predicted octanol–water partition coefficient (Wildman–Crippen LogP) is 0.236. The maximum Gasteiger partial charge on any atom is 0.163 e. The van der Waals surface area contributed by atoms with Gasteiger partial charge in [-0.3, -0.25) is 0 Å². The second-order valence-electron chi connectivity index (χ2n) is 2.84. The van der Waals surface area contributed by atoms with Gasteiger partial charge in [-0.25, -0.2) is 0 Å². The number of ether oxygens (including phenoxy) is 2. The molecule has 0 aromatic rings. The molecule has 1 aliphatic heterocycles. The van der Waals surface area contributed by atoms with E-state index in [0.29, 0.717) is 13.2 Å². The van der Waals surface area contributed by atoms with E-state index < -0.39 is 6.04 Å². The molecule has 0 aromatic carbocycles. The fourth-order valence-electron chi connectivity index (χ4n) is 1.34. The maximum absolute atomic E-state index is 8.61. The summed E-state index contributed by atoms with van der Waals surface area (Å²) < 4.78 is 10.6. The summed E-state index contributed by atoms with van der Waals surface area (Å²) >= 11 is 0. The van der Waals surface area contributed by atoms with Crippen LogP contribution in [0, 0.1) is 17.2 Å². The summed E-state index contributed by atoms with van der Waals surface area (Å²) in [6.45, 7) is 3.20. The first-order valence-electron chi connectivity index (χ1n) is 4.18. The topological polar surface area (TPSA) is 68.3 Å². The standard InChI is InChI=1S/C8H14N2O2/c1-2-6(7(10)5-9)8-11-3-4-12-8/h6-8H,2-4,10H2,1H3. The molecule has 1 rings (SSSR count). The van der Waals surface area contributed by atoms with Gasteiger partial charge in [0.05, 0.1) is 19.3 Å². The fourth-order valence-corrected chi connectivity index (χ4v) is 1.34. The van der Waals surface area contributed by atoms with Crippen LogP contribution in [0.15, 0.2) is 0 Å². The summed E-state index contributed by atoms with van der Waals surface area (Å²) in [5, 5.41) is 8.61. The van der Waals surface area contributed by atoms with Crippen LogP contribution in [0.1, 0.15) is 13.3 Å². The van der Waals surface area contributed by atoms with E-state index in [0.717, 1.165) is 6.42 Å². The highest BCUT2D eigenvalue weighted by molar-refractivity contribution is 4.93. The number of nitrogens with two attached hydrogens (primary N) is 1. The lowest BCUT2D eigenvalue weighted by molar-refractivity contribution is -0.0865. The highest BCUT2D eigenvalue weighted by Gasteiger charge is 2.30. The van der Waals surface area contributed by atoms with Crippen molar-refractivity contribution in [2.45, 2.75) is 25.7 Å². The molecule has 2 unspecified atom stereocenters. The first-order chi connectivity index (χ1) is 5.79. The molecule has 0 bridgehead atoms.